The number of rotatable bonds is 8. The lowest BCUT2D eigenvalue weighted by molar-refractivity contribution is -0.132. The fourth-order valence-corrected chi connectivity index (χ4v) is 3.79. The van der Waals surface area contributed by atoms with Crippen LogP contribution < -0.4 is 10.6 Å². The number of benzene rings is 2. The van der Waals surface area contributed by atoms with Gasteiger partial charge in [0.15, 0.2) is 0 Å². The summed E-state index contributed by atoms with van der Waals surface area (Å²) in [4.78, 5) is 39.4. The Morgan fingerprint density at radius 3 is 2.41 bits per heavy atom. The molecule has 170 valence electrons. The van der Waals surface area contributed by atoms with Gasteiger partial charge < -0.3 is 15.5 Å². The van der Waals surface area contributed by atoms with E-state index in [1.807, 2.05) is 30.9 Å². The second-order valence-electron chi connectivity index (χ2n) is 8.43. The van der Waals surface area contributed by atoms with E-state index in [0.29, 0.717) is 38.0 Å². The van der Waals surface area contributed by atoms with Crippen molar-refractivity contribution < 1.29 is 18.8 Å². The summed E-state index contributed by atoms with van der Waals surface area (Å²) in [6, 6.07) is 12.6. The van der Waals surface area contributed by atoms with Crippen LogP contribution in [0.2, 0.25) is 0 Å². The minimum absolute atomic E-state index is 0.0822. The first-order valence-electron chi connectivity index (χ1n) is 11.0. The molecule has 1 aliphatic heterocycles. The molecular formula is C25H30FN3O3. The van der Waals surface area contributed by atoms with Gasteiger partial charge in [-0.2, -0.15) is 0 Å². The van der Waals surface area contributed by atoms with Crippen LogP contribution in [-0.4, -0.2) is 41.8 Å². The van der Waals surface area contributed by atoms with E-state index in [2.05, 4.69) is 22.8 Å². The number of hydrogen-bond donors (Lipinski definition) is 2. The van der Waals surface area contributed by atoms with Crippen LogP contribution in [-0.2, 0) is 22.6 Å². The number of amides is 3. The van der Waals surface area contributed by atoms with Gasteiger partial charge in [0.2, 0.25) is 11.8 Å². The third kappa shape index (κ3) is 6.15. The second kappa shape index (κ2) is 10.9. The van der Waals surface area contributed by atoms with E-state index in [4.69, 9.17) is 0 Å². The molecule has 0 spiro atoms. The van der Waals surface area contributed by atoms with Crippen molar-refractivity contribution in [3.63, 3.8) is 0 Å². The summed E-state index contributed by atoms with van der Waals surface area (Å²) in [5.74, 6) is -1.20. The lowest BCUT2D eigenvalue weighted by Crippen LogP contribution is -2.50. The maximum atomic E-state index is 13.1. The topological polar surface area (TPSA) is 78.5 Å². The molecule has 3 amide bonds. The minimum Gasteiger partial charge on any atom is -0.354 e. The molecule has 1 atom stereocenters. The van der Waals surface area contributed by atoms with E-state index in [9.17, 15) is 18.8 Å². The average Bonchev–Trinajstić information content (AvgIpc) is 2.79. The van der Waals surface area contributed by atoms with Crippen LogP contribution in [0.3, 0.4) is 0 Å². The number of carbonyl (C=O) groups excluding carboxylic acids is 3. The number of nitrogens with one attached hydrogen (secondary N) is 2. The highest BCUT2D eigenvalue weighted by Gasteiger charge is 2.25. The Hall–Kier alpha value is -3.22. The van der Waals surface area contributed by atoms with Crippen LogP contribution in [0.15, 0.2) is 48.5 Å². The molecule has 2 aromatic carbocycles. The molecule has 7 heteroatoms. The summed E-state index contributed by atoms with van der Waals surface area (Å²) in [7, 11) is 0. The Bertz CT molecular complexity index is 959. The standard InChI is InChI=1S/C25H30FN3O3/c1-17(2)23(28-24(31)19-9-11-21(26)12-10-19)25(32)27-14-5-8-22(30)29-15-13-18-6-3-4-7-20(18)16-29/h3-4,6-7,9-12,17,23H,5,8,13-16H2,1-2H3,(H,27,32)(H,28,31). The van der Waals surface area contributed by atoms with E-state index in [-0.39, 0.29) is 17.7 Å². The van der Waals surface area contributed by atoms with Crippen LogP contribution in [0.1, 0.15) is 48.2 Å². The Morgan fingerprint density at radius 1 is 1.03 bits per heavy atom. The molecule has 2 aromatic rings. The van der Waals surface area contributed by atoms with Crippen LogP contribution in [0.4, 0.5) is 4.39 Å². The largest absolute Gasteiger partial charge is 0.354 e. The molecule has 0 saturated heterocycles. The summed E-state index contributed by atoms with van der Waals surface area (Å²) in [5.41, 5.74) is 2.78. The molecule has 0 aromatic heterocycles. The van der Waals surface area contributed by atoms with E-state index < -0.39 is 17.8 Å². The van der Waals surface area contributed by atoms with Crippen molar-refractivity contribution in [1.82, 2.24) is 15.5 Å². The molecule has 32 heavy (non-hydrogen) atoms. The Kier molecular flexibility index (Phi) is 7.98. The van der Waals surface area contributed by atoms with Gasteiger partial charge in [0, 0.05) is 31.6 Å². The predicted molar refractivity (Wildman–Crippen MR) is 120 cm³/mol. The van der Waals surface area contributed by atoms with Crippen molar-refractivity contribution in [3.05, 3.63) is 71.0 Å². The fraction of sp³-hybridized carbons (Fsp3) is 0.400. The van der Waals surface area contributed by atoms with Crippen molar-refractivity contribution in [2.24, 2.45) is 5.92 Å². The Labute approximate surface area is 188 Å². The smallest absolute Gasteiger partial charge is 0.251 e. The number of hydrogen-bond acceptors (Lipinski definition) is 3. The summed E-state index contributed by atoms with van der Waals surface area (Å²) in [5, 5.41) is 5.53. The van der Waals surface area contributed by atoms with Crippen molar-refractivity contribution >= 4 is 17.7 Å². The molecule has 6 nitrogen and oxygen atoms in total. The summed E-state index contributed by atoms with van der Waals surface area (Å²) in [6.45, 7) is 5.38. The quantitative estimate of drug-likeness (QED) is 0.621. The SMILES string of the molecule is CC(C)C(NC(=O)c1ccc(F)cc1)C(=O)NCCCC(=O)N1CCc2ccccc2C1. The van der Waals surface area contributed by atoms with Gasteiger partial charge in [-0.1, -0.05) is 38.1 Å². The molecule has 1 heterocycles. The minimum atomic E-state index is -0.721. The zero-order chi connectivity index (χ0) is 23.1. The molecule has 1 unspecified atom stereocenters. The molecule has 2 N–H and O–H groups in total. The van der Waals surface area contributed by atoms with Gasteiger partial charge in [0.05, 0.1) is 0 Å². The molecule has 0 aliphatic carbocycles. The first-order valence-corrected chi connectivity index (χ1v) is 11.0. The molecule has 0 bridgehead atoms. The fourth-order valence-electron chi connectivity index (χ4n) is 3.79. The van der Waals surface area contributed by atoms with Gasteiger partial charge in [-0.25, -0.2) is 4.39 Å². The first-order chi connectivity index (χ1) is 15.3. The van der Waals surface area contributed by atoms with E-state index >= 15 is 0 Å². The average molecular weight is 440 g/mol. The Balaban J connectivity index is 1.43. The number of carbonyl (C=O) groups is 3. The molecular weight excluding hydrogens is 409 g/mol. The maximum absolute atomic E-state index is 13.1. The highest BCUT2D eigenvalue weighted by molar-refractivity contribution is 5.97. The lowest BCUT2D eigenvalue weighted by Gasteiger charge is -2.29. The number of fused-ring (bicyclic) bond motifs is 1. The third-order valence-corrected chi connectivity index (χ3v) is 5.69. The molecule has 1 aliphatic rings. The second-order valence-corrected chi connectivity index (χ2v) is 8.43. The van der Waals surface area contributed by atoms with Gasteiger partial charge >= 0.3 is 0 Å². The Morgan fingerprint density at radius 2 is 1.72 bits per heavy atom. The van der Waals surface area contributed by atoms with Crippen molar-refractivity contribution in [2.75, 3.05) is 13.1 Å². The zero-order valence-electron chi connectivity index (χ0n) is 18.6. The third-order valence-electron chi connectivity index (χ3n) is 5.69. The number of halogens is 1. The molecule has 0 radical (unpaired) electrons. The van der Waals surface area contributed by atoms with E-state index in [1.54, 1.807) is 0 Å². The highest BCUT2D eigenvalue weighted by Crippen LogP contribution is 2.19. The lowest BCUT2D eigenvalue weighted by atomic mass is 9.99. The van der Waals surface area contributed by atoms with Gasteiger partial charge in [-0.3, -0.25) is 14.4 Å². The summed E-state index contributed by atoms with van der Waals surface area (Å²) in [6.07, 6.45) is 1.75. The van der Waals surface area contributed by atoms with Crippen LogP contribution in [0, 0.1) is 11.7 Å². The number of nitrogens with zero attached hydrogens (tertiary/aromatic N) is 1. The van der Waals surface area contributed by atoms with Gasteiger partial charge in [0.25, 0.3) is 5.91 Å². The van der Waals surface area contributed by atoms with E-state index in [1.165, 1.54) is 35.4 Å². The van der Waals surface area contributed by atoms with Crippen LogP contribution >= 0.6 is 0 Å². The highest BCUT2D eigenvalue weighted by atomic mass is 19.1. The van der Waals surface area contributed by atoms with Crippen LogP contribution in [0.5, 0.6) is 0 Å². The van der Waals surface area contributed by atoms with Gasteiger partial charge in [-0.15, -0.1) is 0 Å². The van der Waals surface area contributed by atoms with E-state index in [0.717, 1.165) is 6.42 Å². The van der Waals surface area contributed by atoms with Gasteiger partial charge in [0.1, 0.15) is 11.9 Å². The normalized spacial score (nSPS) is 13.9. The molecule has 0 saturated carbocycles. The maximum Gasteiger partial charge on any atom is 0.251 e. The zero-order valence-corrected chi connectivity index (χ0v) is 18.6. The van der Waals surface area contributed by atoms with Crippen molar-refractivity contribution in [2.45, 2.75) is 45.7 Å². The summed E-state index contributed by atoms with van der Waals surface area (Å²) < 4.78 is 13.1. The van der Waals surface area contributed by atoms with Gasteiger partial charge in [-0.05, 0) is 54.2 Å². The molecule has 0 fully saturated rings. The first kappa shape index (κ1) is 23.4. The monoisotopic (exact) mass is 439 g/mol. The molecule has 3 rings (SSSR count). The van der Waals surface area contributed by atoms with Crippen LogP contribution in [0.25, 0.3) is 0 Å². The summed E-state index contributed by atoms with van der Waals surface area (Å²) >= 11 is 0. The predicted octanol–water partition coefficient (Wildman–Crippen LogP) is 3.06. The van der Waals surface area contributed by atoms with Crippen molar-refractivity contribution in [3.8, 4) is 0 Å². The van der Waals surface area contributed by atoms with Crippen molar-refractivity contribution in [1.29, 1.82) is 0 Å².